The first kappa shape index (κ1) is 19.7. The summed E-state index contributed by atoms with van der Waals surface area (Å²) in [4.78, 5) is 14.3. The Hall–Kier alpha value is -2.61. The lowest BCUT2D eigenvalue weighted by molar-refractivity contribution is 0.249. The molecular weight excluding hydrogens is 364 g/mol. The van der Waals surface area contributed by atoms with Gasteiger partial charge in [0.2, 0.25) is 5.82 Å². The number of fused-ring (bicyclic) bond motifs is 1. The van der Waals surface area contributed by atoms with Crippen molar-refractivity contribution in [2.75, 3.05) is 31.1 Å². The highest BCUT2D eigenvalue weighted by atomic mass is 15.5. The van der Waals surface area contributed by atoms with E-state index in [0.717, 1.165) is 66.5 Å². The zero-order valence-electron chi connectivity index (χ0n) is 18.1. The number of hydrogen-bond acceptors (Lipinski definition) is 7. The number of rotatable bonds is 6. The van der Waals surface area contributed by atoms with Crippen LogP contribution in [0.1, 0.15) is 63.9 Å². The van der Waals surface area contributed by atoms with E-state index in [2.05, 4.69) is 40.8 Å². The molecule has 8 heteroatoms. The highest BCUT2D eigenvalue weighted by molar-refractivity contribution is 6.48. The van der Waals surface area contributed by atoms with Gasteiger partial charge in [-0.1, -0.05) is 0 Å². The Bertz CT molecular complexity index is 948. The van der Waals surface area contributed by atoms with Crippen LogP contribution in [0.25, 0.3) is 0 Å². The fourth-order valence-electron chi connectivity index (χ4n) is 4.08. The maximum Gasteiger partial charge on any atom is 0.205 e. The van der Waals surface area contributed by atoms with Gasteiger partial charge in [-0.3, -0.25) is 4.90 Å². The van der Waals surface area contributed by atoms with Crippen LogP contribution in [0.4, 0.5) is 11.5 Å². The predicted octanol–water partition coefficient (Wildman–Crippen LogP) is 3.34. The second kappa shape index (κ2) is 8.02. The van der Waals surface area contributed by atoms with Crippen molar-refractivity contribution >= 4 is 22.9 Å². The molecule has 0 amide bonds. The molecule has 0 aromatic carbocycles. The summed E-state index contributed by atoms with van der Waals surface area (Å²) < 4.78 is 1.87. The normalized spacial score (nSPS) is 18.9. The molecule has 0 aliphatic carbocycles. The van der Waals surface area contributed by atoms with Crippen LogP contribution < -0.4 is 4.90 Å². The molecule has 29 heavy (non-hydrogen) atoms. The molecule has 2 aliphatic rings. The summed E-state index contributed by atoms with van der Waals surface area (Å²) >= 11 is 0. The van der Waals surface area contributed by atoms with Gasteiger partial charge in [0.05, 0.1) is 23.1 Å². The lowest BCUT2D eigenvalue weighted by Gasteiger charge is -2.21. The SMILES string of the molecule is CCN(CC)c1ccc(N=C2C(C)=Nn3c2nnc3C(C)N2CCCC2)c(C)n1. The molecule has 1 saturated heterocycles. The molecule has 1 fully saturated rings. The molecule has 2 aromatic rings. The zero-order chi connectivity index (χ0) is 20.5. The molecule has 4 rings (SSSR count). The van der Waals surface area contributed by atoms with Crippen LogP contribution in [0, 0.1) is 6.92 Å². The summed E-state index contributed by atoms with van der Waals surface area (Å²) in [5, 5.41) is 13.6. The fraction of sp³-hybridized carbons (Fsp3) is 0.571. The van der Waals surface area contributed by atoms with Crippen LogP contribution in [0.15, 0.2) is 22.2 Å². The van der Waals surface area contributed by atoms with Gasteiger partial charge >= 0.3 is 0 Å². The van der Waals surface area contributed by atoms with E-state index >= 15 is 0 Å². The molecule has 0 N–H and O–H groups in total. The van der Waals surface area contributed by atoms with Crippen molar-refractivity contribution in [3.63, 3.8) is 0 Å². The van der Waals surface area contributed by atoms with Gasteiger partial charge in [0.15, 0.2) is 5.82 Å². The van der Waals surface area contributed by atoms with Gasteiger partial charge in [-0.05, 0) is 72.7 Å². The van der Waals surface area contributed by atoms with Crippen LogP contribution in [-0.4, -0.2) is 62.4 Å². The topological polar surface area (TPSA) is 74.8 Å². The number of likely N-dealkylation sites (tertiary alicyclic amines) is 1. The molecular formula is C21H30N8. The van der Waals surface area contributed by atoms with E-state index in [1.165, 1.54) is 12.8 Å². The van der Waals surface area contributed by atoms with Crippen molar-refractivity contribution in [2.24, 2.45) is 10.1 Å². The molecule has 0 spiro atoms. The highest BCUT2D eigenvalue weighted by Crippen LogP contribution is 2.27. The van der Waals surface area contributed by atoms with Crippen molar-refractivity contribution in [1.82, 2.24) is 24.8 Å². The first-order valence-corrected chi connectivity index (χ1v) is 10.6. The number of nitrogens with zero attached hydrogens (tertiary/aromatic N) is 8. The van der Waals surface area contributed by atoms with Gasteiger partial charge in [-0.15, -0.1) is 10.2 Å². The zero-order valence-corrected chi connectivity index (χ0v) is 18.1. The minimum atomic E-state index is 0.200. The minimum Gasteiger partial charge on any atom is -0.357 e. The number of aromatic nitrogens is 4. The van der Waals surface area contributed by atoms with Crippen LogP contribution in [-0.2, 0) is 0 Å². The Morgan fingerprint density at radius 1 is 1.10 bits per heavy atom. The average molecular weight is 395 g/mol. The third-order valence-corrected chi connectivity index (χ3v) is 5.89. The second-order valence-electron chi connectivity index (χ2n) is 7.70. The van der Waals surface area contributed by atoms with Crippen LogP contribution in [0.3, 0.4) is 0 Å². The van der Waals surface area contributed by atoms with Gasteiger partial charge < -0.3 is 4.90 Å². The van der Waals surface area contributed by atoms with Gasteiger partial charge in [0, 0.05) is 13.1 Å². The Kier molecular flexibility index (Phi) is 5.45. The van der Waals surface area contributed by atoms with Gasteiger partial charge in [-0.25, -0.2) is 9.98 Å². The minimum absolute atomic E-state index is 0.200. The third kappa shape index (κ3) is 3.57. The number of pyridine rings is 1. The first-order valence-electron chi connectivity index (χ1n) is 10.6. The standard InChI is InChI=1S/C21H30N8/c1-6-27(7-2)18-11-10-17(14(3)22-18)23-19-15(4)26-29-20(24-25-21(19)29)16(5)28-12-8-9-13-28/h10-11,16H,6-9,12-13H2,1-5H3. The van der Waals surface area contributed by atoms with Gasteiger partial charge in [0.25, 0.3) is 0 Å². The molecule has 0 saturated carbocycles. The van der Waals surface area contributed by atoms with Crippen molar-refractivity contribution in [3.8, 4) is 0 Å². The molecule has 0 bridgehead atoms. The molecule has 1 atom stereocenters. The van der Waals surface area contributed by atoms with Crippen molar-refractivity contribution < 1.29 is 0 Å². The summed E-state index contributed by atoms with van der Waals surface area (Å²) in [5.74, 6) is 2.59. The molecule has 8 nitrogen and oxygen atoms in total. The monoisotopic (exact) mass is 394 g/mol. The molecule has 154 valence electrons. The van der Waals surface area contributed by atoms with Crippen LogP contribution in [0.2, 0.25) is 0 Å². The smallest absolute Gasteiger partial charge is 0.205 e. The van der Waals surface area contributed by atoms with Gasteiger partial charge in [0.1, 0.15) is 11.5 Å². The Morgan fingerprint density at radius 2 is 1.83 bits per heavy atom. The molecule has 2 aliphatic heterocycles. The van der Waals surface area contributed by atoms with Crippen LogP contribution >= 0.6 is 0 Å². The summed E-state index contributed by atoms with van der Waals surface area (Å²) in [7, 11) is 0. The second-order valence-corrected chi connectivity index (χ2v) is 7.70. The van der Waals surface area contributed by atoms with Gasteiger partial charge in [-0.2, -0.15) is 9.78 Å². The fourth-order valence-corrected chi connectivity index (χ4v) is 4.08. The van der Waals surface area contributed by atoms with E-state index in [0.29, 0.717) is 0 Å². The first-order chi connectivity index (χ1) is 14.0. The average Bonchev–Trinajstić information content (AvgIpc) is 3.43. The molecule has 1 unspecified atom stereocenters. The number of hydrogen-bond donors (Lipinski definition) is 0. The molecule has 2 aromatic heterocycles. The largest absolute Gasteiger partial charge is 0.357 e. The maximum atomic E-state index is 4.87. The summed E-state index contributed by atoms with van der Waals surface area (Å²) in [6.45, 7) is 14.5. The van der Waals surface area contributed by atoms with Crippen molar-refractivity contribution in [1.29, 1.82) is 0 Å². The van der Waals surface area contributed by atoms with E-state index in [9.17, 15) is 0 Å². The van der Waals surface area contributed by atoms with Crippen molar-refractivity contribution in [3.05, 3.63) is 29.5 Å². The Morgan fingerprint density at radius 3 is 2.48 bits per heavy atom. The van der Waals surface area contributed by atoms with E-state index in [4.69, 9.17) is 15.1 Å². The highest BCUT2D eigenvalue weighted by Gasteiger charge is 2.31. The summed E-state index contributed by atoms with van der Waals surface area (Å²) in [6.07, 6.45) is 2.49. The quantitative estimate of drug-likeness (QED) is 0.751. The van der Waals surface area contributed by atoms with Crippen LogP contribution in [0.5, 0.6) is 0 Å². The lowest BCUT2D eigenvalue weighted by atomic mass is 10.2. The van der Waals surface area contributed by atoms with E-state index in [1.54, 1.807) is 0 Å². The number of aryl methyl sites for hydroxylation is 1. The molecule has 4 heterocycles. The van der Waals surface area contributed by atoms with E-state index < -0.39 is 0 Å². The Balaban J connectivity index is 1.65. The Labute approximate surface area is 172 Å². The summed E-state index contributed by atoms with van der Waals surface area (Å²) in [6, 6.07) is 4.27. The molecule has 0 radical (unpaired) electrons. The number of aliphatic imine (C=N–C) groups is 1. The number of anilines is 1. The lowest BCUT2D eigenvalue weighted by Crippen LogP contribution is -2.25. The maximum absolute atomic E-state index is 4.87. The summed E-state index contributed by atoms with van der Waals surface area (Å²) in [5.41, 5.74) is 3.38. The third-order valence-electron chi connectivity index (χ3n) is 5.89. The van der Waals surface area contributed by atoms with Crippen molar-refractivity contribution in [2.45, 2.75) is 53.5 Å². The van der Waals surface area contributed by atoms with E-state index in [-0.39, 0.29) is 6.04 Å². The van der Waals surface area contributed by atoms with E-state index in [1.807, 2.05) is 30.7 Å². The predicted molar refractivity (Wildman–Crippen MR) is 116 cm³/mol.